The van der Waals surface area contributed by atoms with E-state index in [-0.39, 0.29) is 5.91 Å². The normalized spacial score (nSPS) is 19.6. The number of carbonyl (C=O) groups is 1. The van der Waals surface area contributed by atoms with Gasteiger partial charge in [0.05, 0.1) is 5.41 Å². The van der Waals surface area contributed by atoms with Crippen molar-refractivity contribution in [1.29, 1.82) is 0 Å². The van der Waals surface area contributed by atoms with Gasteiger partial charge in [0.2, 0.25) is 5.91 Å². The van der Waals surface area contributed by atoms with Crippen molar-refractivity contribution in [2.45, 2.75) is 45.1 Å². The first-order valence-corrected chi connectivity index (χ1v) is 9.06. The summed E-state index contributed by atoms with van der Waals surface area (Å²) in [5.74, 6) is 0.912. The molecule has 1 aliphatic carbocycles. The molecular formula is C20H24N2O3. The molecule has 132 valence electrons. The summed E-state index contributed by atoms with van der Waals surface area (Å²) in [5.41, 5.74) is 2.62. The van der Waals surface area contributed by atoms with Gasteiger partial charge in [-0.25, -0.2) is 0 Å². The van der Waals surface area contributed by atoms with Crippen LogP contribution in [0, 0.1) is 12.3 Å². The maximum Gasteiger partial charge on any atom is 0.227 e. The minimum absolute atomic E-state index is 0.145. The predicted octanol–water partition coefficient (Wildman–Crippen LogP) is 3.27. The Kier molecular flexibility index (Phi) is 4.34. The number of rotatable bonds is 5. The number of aromatic nitrogens is 1. The quantitative estimate of drug-likeness (QED) is 0.907. The lowest BCUT2D eigenvalue weighted by Gasteiger charge is -2.35. The van der Waals surface area contributed by atoms with Gasteiger partial charge in [-0.2, -0.15) is 0 Å². The van der Waals surface area contributed by atoms with Gasteiger partial charge in [0, 0.05) is 37.3 Å². The van der Waals surface area contributed by atoms with Crippen LogP contribution in [0.2, 0.25) is 0 Å². The van der Waals surface area contributed by atoms with Crippen molar-refractivity contribution in [2.75, 3.05) is 13.2 Å². The minimum atomic E-state index is -0.440. The van der Waals surface area contributed by atoms with E-state index in [1.807, 2.05) is 18.2 Å². The van der Waals surface area contributed by atoms with Gasteiger partial charge in [-0.15, -0.1) is 0 Å². The molecule has 4 rings (SSSR count). The van der Waals surface area contributed by atoms with Crippen LogP contribution in [0.5, 0.6) is 0 Å². The van der Waals surface area contributed by atoms with Gasteiger partial charge in [-0.05, 0) is 32.6 Å². The average molecular weight is 340 g/mol. The van der Waals surface area contributed by atoms with Crippen molar-refractivity contribution in [3.05, 3.63) is 41.7 Å². The molecule has 2 aromatic rings. The number of ether oxygens (including phenoxy) is 1. The molecule has 1 aromatic carbocycles. The zero-order valence-corrected chi connectivity index (χ0v) is 14.6. The molecule has 5 heteroatoms. The van der Waals surface area contributed by atoms with Gasteiger partial charge in [-0.1, -0.05) is 35.0 Å². The first-order valence-electron chi connectivity index (χ1n) is 9.06. The highest BCUT2D eigenvalue weighted by atomic mass is 16.5. The number of amides is 1. The zero-order chi connectivity index (χ0) is 17.3. The molecule has 0 atom stereocenters. The van der Waals surface area contributed by atoms with E-state index in [2.05, 4.69) is 29.5 Å². The molecule has 1 N–H and O–H groups in total. The molecule has 1 saturated carbocycles. The molecular weight excluding hydrogens is 316 g/mol. The Morgan fingerprint density at radius 1 is 1.24 bits per heavy atom. The van der Waals surface area contributed by atoms with E-state index in [1.54, 1.807) is 0 Å². The van der Waals surface area contributed by atoms with Crippen LogP contribution in [0.3, 0.4) is 0 Å². The van der Waals surface area contributed by atoms with Crippen LogP contribution in [0.25, 0.3) is 11.3 Å². The number of benzene rings is 1. The second-order valence-corrected chi connectivity index (χ2v) is 7.36. The van der Waals surface area contributed by atoms with Crippen LogP contribution in [0.1, 0.15) is 37.0 Å². The van der Waals surface area contributed by atoms with E-state index in [4.69, 9.17) is 9.26 Å². The zero-order valence-electron chi connectivity index (χ0n) is 14.6. The second-order valence-electron chi connectivity index (χ2n) is 7.36. The Morgan fingerprint density at radius 2 is 1.96 bits per heavy atom. The Labute approximate surface area is 147 Å². The molecule has 1 saturated heterocycles. The molecule has 1 amide bonds. The van der Waals surface area contributed by atoms with E-state index in [9.17, 15) is 4.79 Å². The number of nitrogens with one attached hydrogen (secondary N) is 1. The first kappa shape index (κ1) is 16.3. The summed E-state index contributed by atoms with van der Waals surface area (Å²) >= 11 is 0. The third kappa shape index (κ3) is 3.61. The molecule has 0 spiro atoms. The molecule has 0 unspecified atom stereocenters. The van der Waals surface area contributed by atoms with Gasteiger partial charge in [0.15, 0.2) is 0 Å². The largest absolute Gasteiger partial charge is 0.381 e. The van der Waals surface area contributed by atoms with Crippen molar-refractivity contribution in [2.24, 2.45) is 5.41 Å². The van der Waals surface area contributed by atoms with Crippen LogP contribution in [0.15, 0.2) is 34.9 Å². The lowest BCUT2D eigenvalue weighted by Crippen LogP contribution is -2.46. The maximum atomic E-state index is 12.9. The highest BCUT2D eigenvalue weighted by molar-refractivity contribution is 5.83. The molecule has 2 fully saturated rings. The van der Waals surface area contributed by atoms with Crippen LogP contribution in [0.4, 0.5) is 0 Å². The van der Waals surface area contributed by atoms with Gasteiger partial charge >= 0.3 is 0 Å². The van der Waals surface area contributed by atoms with Crippen LogP contribution >= 0.6 is 0 Å². The smallest absolute Gasteiger partial charge is 0.227 e. The molecule has 0 radical (unpaired) electrons. The van der Waals surface area contributed by atoms with Crippen molar-refractivity contribution < 1.29 is 14.1 Å². The van der Waals surface area contributed by atoms with E-state index in [1.165, 1.54) is 5.56 Å². The van der Waals surface area contributed by atoms with Crippen molar-refractivity contribution in [3.63, 3.8) is 0 Å². The van der Waals surface area contributed by atoms with E-state index >= 15 is 0 Å². The van der Waals surface area contributed by atoms with Crippen LogP contribution in [-0.4, -0.2) is 30.3 Å². The second kappa shape index (κ2) is 6.64. The highest BCUT2D eigenvalue weighted by Gasteiger charge is 2.43. The summed E-state index contributed by atoms with van der Waals surface area (Å²) in [4.78, 5) is 12.9. The lowest BCUT2D eigenvalue weighted by atomic mass is 9.75. The minimum Gasteiger partial charge on any atom is -0.381 e. The monoisotopic (exact) mass is 340 g/mol. The third-order valence-electron chi connectivity index (χ3n) is 5.26. The summed E-state index contributed by atoms with van der Waals surface area (Å²) < 4.78 is 11.1. The van der Waals surface area contributed by atoms with Gasteiger partial charge in [0.25, 0.3) is 0 Å². The standard InChI is InChI=1S/C20H24N2O3/c1-14-2-4-15(5-3-14)18-12-17(25-22-18)13-20(8-10-24-11-9-20)19(23)21-16-6-7-16/h2-5,12,16H,6-11,13H2,1H3,(H,21,23). The Morgan fingerprint density at radius 3 is 2.64 bits per heavy atom. The fourth-order valence-electron chi connectivity index (χ4n) is 3.40. The number of hydrogen-bond donors (Lipinski definition) is 1. The molecule has 25 heavy (non-hydrogen) atoms. The average Bonchev–Trinajstić information content (AvgIpc) is 3.32. The molecule has 5 nitrogen and oxygen atoms in total. The summed E-state index contributed by atoms with van der Waals surface area (Å²) in [6.07, 6.45) is 4.22. The van der Waals surface area contributed by atoms with E-state index < -0.39 is 5.41 Å². The third-order valence-corrected chi connectivity index (χ3v) is 5.26. The first-order chi connectivity index (χ1) is 12.1. The molecule has 0 bridgehead atoms. The Balaban J connectivity index is 1.53. The van der Waals surface area contributed by atoms with Crippen molar-refractivity contribution in [3.8, 4) is 11.3 Å². The Bertz CT molecular complexity index is 741. The predicted molar refractivity (Wildman–Crippen MR) is 94.0 cm³/mol. The maximum absolute atomic E-state index is 12.9. The van der Waals surface area contributed by atoms with Crippen LogP contribution in [-0.2, 0) is 16.0 Å². The van der Waals surface area contributed by atoms with E-state index in [0.29, 0.717) is 25.7 Å². The number of nitrogens with zero attached hydrogens (tertiary/aromatic N) is 1. The van der Waals surface area contributed by atoms with Crippen LogP contribution < -0.4 is 5.32 Å². The van der Waals surface area contributed by atoms with Gasteiger partial charge in [0.1, 0.15) is 11.5 Å². The lowest BCUT2D eigenvalue weighted by molar-refractivity contribution is -0.137. The fraction of sp³-hybridized carbons (Fsp3) is 0.500. The number of carbonyl (C=O) groups excluding carboxylic acids is 1. The molecule has 2 heterocycles. The highest BCUT2D eigenvalue weighted by Crippen LogP contribution is 2.36. The molecule has 1 aromatic heterocycles. The van der Waals surface area contributed by atoms with Gasteiger partial charge < -0.3 is 14.6 Å². The number of hydrogen-bond acceptors (Lipinski definition) is 4. The summed E-state index contributed by atoms with van der Waals surface area (Å²) in [5, 5.41) is 7.38. The summed E-state index contributed by atoms with van der Waals surface area (Å²) in [6, 6.07) is 10.5. The summed E-state index contributed by atoms with van der Waals surface area (Å²) in [6.45, 7) is 3.31. The topological polar surface area (TPSA) is 64.4 Å². The van der Waals surface area contributed by atoms with Crippen molar-refractivity contribution >= 4 is 5.91 Å². The Hall–Kier alpha value is -2.14. The SMILES string of the molecule is Cc1ccc(-c2cc(CC3(C(=O)NC4CC4)CCOCC3)on2)cc1. The summed E-state index contributed by atoms with van der Waals surface area (Å²) in [7, 11) is 0. The number of aryl methyl sites for hydroxylation is 1. The molecule has 2 aliphatic rings. The van der Waals surface area contributed by atoms with Crippen molar-refractivity contribution in [1.82, 2.24) is 10.5 Å². The fourth-order valence-corrected chi connectivity index (χ4v) is 3.40. The molecule has 1 aliphatic heterocycles. The van der Waals surface area contributed by atoms with Gasteiger partial charge in [-0.3, -0.25) is 4.79 Å². The van der Waals surface area contributed by atoms with E-state index in [0.717, 1.165) is 42.7 Å².